The Morgan fingerprint density at radius 1 is 0.571 bits per heavy atom. The van der Waals surface area contributed by atoms with Gasteiger partial charge in [0.2, 0.25) is 0 Å². The molecule has 4 heterocycles. The predicted octanol–water partition coefficient (Wildman–Crippen LogP) is 8.24. The highest BCUT2D eigenvalue weighted by Crippen LogP contribution is 2.25. The number of nitrogens with zero attached hydrogens (tertiary/aromatic N) is 4. The zero-order valence-corrected chi connectivity index (χ0v) is 28.4. The van der Waals surface area contributed by atoms with Crippen molar-refractivity contribution in [3.63, 3.8) is 0 Å². The predicted molar refractivity (Wildman–Crippen MR) is 196 cm³/mol. The maximum Gasteiger partial charge on any atom is 0.157 e. The molecule has 6 aromatic rings. The van der Waals surface area contributed by atoms with Gasteiger partial charge in [0.15, 0.2) is 11.6 Å². The average Bonchev–Trinajstić information content (AvgIpc) is 3.76. The number of hydrogen-bond donors (Lipinski definition) is 4. The highest BCUT2D eigenvalue weighted by atomic mass is 16.5. The Bertz CT molecular complexity index is 1750. The zero-order valence-electron chi connectivity index (χ0n) is 28.4. The smallest absolute Gasteiger partial charge is 0.157 e. The van der Waals surface area contributed by atoms with Crippen LogP contribution in [0.4, 0.5) is 11.4 Å². The molecule has 4 aromatic heterocycles. The molecule has 0 spiro atoms. The first-order valence-corrected chi connectivity index (χ1v) is 17.4. The number of imidazole rings is 2. The van der Waals surface area contributed by atoms with Crippen molar-refractivity contribution in [2.75, 3.05) is 50.2 Å². The molecule has 0 unspecified atom stereocenters. The number of anilines is 2. The van der Waals surface area contributed by atoms with Gasteiger partial charge < -0.3 is 34.8 Å². The van der Waals surface area contributed by atoms with Gasteiger partial charge >= 0.3 is 0 Å². The summed E-state index contributed by atoms with van der Waals surface area (Å²) in [7, 11) is 0. The molecule has 0 aliphatic rings. The molecule has 11 heteroatoms. The van der Waals surface area contributed by atoms with Gasteiger partial charge in [0.1, 0.15) is 36.1 Å². The Balaban J connectivity index is 0.885. The van der Waals surface area contributed by atoms with Crippen molar-refractivity contribution in [2.45, 2.75) is 52.4 Å². The molecule has 4 N–H and O–H groups in total. The minimum atomic E-state index is 0.407. The quantitative estimate of drug-likeness (QED) is 0.0596. The van der Waals surface area contributed by atoms with Gasteiger partial charge in [-0.3, -0.25) is 0 Å². The molecular weight excluding hydrogens is 616 g/mol. The number of H-pyrrole nitrogens is 2. The van der Waals surface area contributed by atoms with Crippen molar-refractivity contribution in [3.05, 3.63) is 73.1 Å². The molecule has 0 amide bonds. The number of hydrogen-bond acceptors (Lipinski definition) is 9. The van der Waals surface area contributed by atoms with Crippen LogP contribution in [0.3, 0.4) is 0 Å². The van der Waals surface area contributed by atoms with Crippen LogP contribution in [0.15, 0.2) is 73.1 Å². The number of aromatic nitrogens is 6. The number of ether oxygens (including phenoxy) is 3. The molecule has 2 aromatic carbocycles. The largest absolute Gasteiger partial charge is 0.490 e. The monoisotopic (exact) mass is 662 g/mol. The highest BCUT2D eigenvalue weighted by Gasteiger charge is 2.10. The van der Waals surface area contributed by atoms with E-state index in [0.717, 1.165) is 69.6 Å². The van der Waals surface area contributed by atoms with Crippen LogP contribution >= 0.6 is 0 Å². The third-order valence-electron chi connectivity index (χ3n) is 8.13. The summed E-state index contributed by atoms with van der Waals surface area (Å²) in [6, 6.07) is 20.0. The molecule has 256 valence electrons. The lowest BCUT2D eigenvalue weighted by atomic mass is 10.2. The van der Waals surface area contributed by atoms with E-state index in [1.54, 1.807) is 12.4 Å². The summed E-state index contributed by atoms with van der Waals surface area (Å²) in [6.07, 6.45) is 10.6. The molecular formula is C38H46N8O3. The third kappa shape index (κ3) is 9.48. The number of benzene rings is 2. The van der Waals surface area contributed by atoms with Gasteiger partial charge in [0.05, 0.1) is 47.7 Å². The molecule has 0 bridgehead atoms. The summed E-state index contributed by atoms with van der Waals surface area (Å²) in [6.45, 7) is 8.05. The van der Waals surface area contributed by atoms with Gasteiger partial charge in [-0.25, -0.2) is 19.9 Å². The van der Waals surface area contributed by atoms with Gasteiger partial charge in [-0.15, -0.1) is 0 Å². The number of rotatable bonds is 20. The van der Waals surface area contributed by atoms with E-state index < -0.39 is 0 Å². The fraction of sp³-hybridized carbons (Fsp3) is 0.368. The minimum Gasteiger partial charge on any atom is -0.490 e. The standard InChI is InChI=1S/C38H46N8O3/c1-3-5-7-17-39-27-9-13-31-35(23-27)45-37(43-31)33-15-11-29(25-41-33)48-21-19-47-20-22-49-30-12-16-34(42-26-30)38-44-32-14-10-28(24-36(32)46-38)40-18-8-6-4-2/h9-16,23-26,39-40H,3-8,17-22H2,1-2H3,(H,43,45)(H,44,46). The van der Waals surface area contributed by atoms with E-state index in [4.69, 9.17) is 24.2 Å². The van der Waals surface area contributed by atoms with Crippen molar-refractivity contribution in [2.24, 2.45) is 0 Å². The fourth-order valence-electron chi connectivity index (χ4n) is 5.45. The van der Waals surface area contributed by atoms with Crippen molar-refractivity contribution in [1.82, 2.24) is 29.9 Å². The molecule has 49 heavy (non-hydrogen) atoms. The molecule has 0 fully saturated rings. The molecule has 0 aliphatic heterocycles. The van der Waals surface area contributed by atoms with E-state index >= 15 is 0 Å². The summed E-state index contributed by atoms with van der Waals surface area (Å²) in [5, 5.41) is 6.97. The van der Waals surface area contributed by atoms with Crippen molar-refractivity contribution in [1.29, 1.82) is 0 Å². The number of pyridine rings is 2. The minimum absolute atomic E-state index is 0.407. The lowest BCUT2D eigenvalue weighted by Gasteiger charge is -2.09. The van der Waals surface area contributed by atoms with Crippen molar-refractivity contribution in [3.8, 4) is 34.5 Å². The molecule has 0 saturated carbocycles. The van der Waals surface area contributed by atoms with Crippen molar-refractivity contribution >= 4 is 33.4 Å². The first kappa shape index (κ1) is 33.7. The van der Waals surface area contributed by atoms with Crippen molar-refractivity contribution < 1.29 is 14.2 Å². The van der Waals surface area contributed by atoms with Crippen LogP contribution in [0.2, 0.25) is 0 Å². The second-order valence-electron chi connectivity index (χ2n) is 12.0. The number of unbranched alkanes of at least 4 members (excludes halogenated alkanes) is 4. The molecule has 0 aliphatic carbocycles. The summed E-state index contributed by atoms with van der Waals surface area (Å²) in [5.41, 5.74) is 7.48. The van der Waals surface area contributed by atoms with E-state index in [9.17, 15) is 0 Å². The lowest BCUT2D eigenvalue weighted by Crippen LogP contribution is -2.12. The van der Waals surface area contributed by atoms with Crippen LogP contribution in [0.25, 0.3) is 45.1 Å². The fourth-order valence-corrected chi connectivity index (χ4v) is 5.45. The molecule has 6 rings (SSSR count). The van der Waals surface area contributed by atoms with Crippen LogP contribution in [0.5, 0.6) is 11.5 Å². The van der Waals surface area contributed by atoms with Gasteiger partial charge in [-0.05, 0) is 73.5 Å². The van der Waals surface area contributed by atoms with E-state index in [1.807, 2.05) is 36.4 Å². The third-order valence-corrected chi connectivity index (χ3v) is 8.13. The van der Waals surface area contributed by atoms with Gasteiger partial charge in [-0.1, -0.05) is 39.5 Å². The van der Waals surface area contributed by atoms with E-state index in [1.165, 1.54) is 38.5 Å². The lowest BCUT2D eigenvalue weighted by molar-refractivity contribution is 0.0762. The zero-order chi connectivity index (χ0) is 33.7. The molecule has 11 nitrogen and oxygen atoms in total. The van der Waals surface area contributed by atoms with Crippen LogP contribution in [-0.2, 0) is 4.74 Å². The Morgan fingerprint density at radius 2 is 1.06 bits per heavy atom. The Kier molecular flexibility index (Phi) is 11.9. The summed E-state index contributed by atoms with van der Waals surface area (Å²) in [5.74, 6) is 2.81. The maximum atomic E-state index is 5.81. The maximum absolute atomic E-state index is 5.81. The summed E-state index contributed by atoms with van der Waals surface area (Å²) < 4.78 is 17.3. The van der Waals surface area contributed by atoms with E-state index in [0.29, 0.717) is 37.9 Å². The Labute approximate surface area is 287 Å². The van der Waals surface area contributed by atoms with Crippen LogP contribution in [0, 0.1) is 0 Å². The first-order valence-electron chi connectivity index (χ1n) is 17.4. The molecule has 0 saturated heterocycles. The average molecular weight is 663 g/mol. The second kappa shape index (κ2) is 17.3. The topological polar surface area (TPSA) is 135 Å². The van der Waals surface area contributed by atoms with Gasteiger partial charge in [0, 0.05) is 24.5 Å². The SMILES string of the molecule is CCCCCNc1ccc2nc(-c3ccc(OCCOCCOc4ccc(-c5nc6ccc(NCCCCC)cc6[nH]5)nc4)cn3)[nH]c2c1. The Hall–Kier alpha value is -5.16. The van der Waals surface area contributed by atoms with E-state index in [-0.39, 0.29) is 0 Å². The number of nitrogens with one attached hydrogen (secondary N) is 4. The summed E-state index contributed by atoms with van der Waals surface area (Å²) in [4.78, 5) is 25.3. The first-order chi connectivity index (χ1) is 24.2. The van der Waals surface area contributed by atoms with Crippen LogP contribution in [-0.4, -0.2) is 69.4 Å². The van der Waals surface area contributed by atoms with Crippen LogP contribution in [0.1, 0.15) is 52.4 Å². The van der Waals surface area contributed by atoms with Gasteiger partial charge in [0.25, 0.3) is 0 Å². The summed E-state index contributed by atoms with van der Waals surface area (Å²) >= 11 is 0. The highest BCUT2D eigenvalue weighted by molar-refractivity contribution is 5.83. The normalized spacial score (nSPS) is 11.3. The molecule has 0 atom stereocenters. The van der Waals surface area contributed by atoms with Gasteiger partial charge in [-0.2, -0.15) is 0 Å². The number of fused-ring (bicyclic) bond motifs is 2. The molecule has 0 radical (unpaired) electrons. The second-order valence-corrected chi connectivity index (χ2v) is 12.0. The van der Waals surface area contributed by atoms with E-state index in [2.05, 4.69) is 68.7 Å². The number of aromatic amines is 2. The Morgan fingerprint density at radius 3 is 1.49 bits per heavy atom. The van der Waals surface area contributed by atoms with Crippen LogP contribution < -0.4 is 20.1 Å².